The maximum absolute atomic E-state index is 6.28. The SMILES string of the molecule is Clc1cc(I)ccc1N1CNc2nccnc2C1. The number of hydrogen-bond donors (Lipinski definition) is 1. The maximum atomic E-state index is 6.28. The van der Waals surface area contributed by atoms with E-state index in [-0.39, 0.29) is 0 Å². The van der Waals surface area contributed by atoms with Crippen molar-refractivity contribution < 1.29 is 0 Å². The van der Waals surface area contributed by atoms with Crippen molar-refractivity contribution in [3.63, 3.8) is 0 Å². The molecule has 6 heteroatoms. The van der Waals surface area contributed by atoms with Gasteiger partial charge in [0.05, 0.1) is 23.9 Å². The van der Waals surface area contributed by atoms with E-state index in [1.54, 1.807) is 12.4 Å². The Morgan fingerprint density at radius 2 is 2.11 bits per heavy atom. The first-order valence-corrected chi connectivity index (χ1v) is 6.93. The number of nitrogens with zero attached hydrogens (tertiary/aromatic N) is 3. The molecule has 18 heavy (non-hydrogen) atoms. The first-order valence-electron chi connectivity index (χ1n) is 5.48. The Kier molecular flexibility index (Phi) is 3.25. The van der Waals surface area contributed by atoms with Crippen molar-refractivity contribution in [2.24, 2.45) is 0 Å². The third-order valence-electron chi connectivity index (χ3n) is 2.80. The van der Waals surface area contributed by atoms with Gasteiger partial charge in [0.15, 0.2) is 5.82 Å². The van der Waals surface area contributed by atoms with Crippen LogP contribution in [-0.2, 0) is 6.54 Å². The average molecular weight is 373 g/mol. The highest BCUT2D eigenvalue weighted by molar-refractivity contribution is 14.1. The maximum Gasteiger partial charge on any atom is 0.150 e. The lowest BCUT2D eigenvalue weighted by atomic mass is 10.2. The minimum absolute atomic E-state index is 0.687. The molecule has 2 aromatic rings. The highest BCUT2D eigenvalue weighted by Gasteiger charge is 2.19. The second-order valence-corrected chi connectivity index (χ2v) is 5.63. The number of nitrogens with one attached hydrogen (secondary N) is 1. The molecule has 1 aliphatic heterocycles. The Bertz CT molecular complexity index is 590. The summed E-state index contributed by atoms with van der Waals surface area (Å²) in [4.78, 5) is 10.7. The van der Waals surface area contributed by atoms with E-state index in [1.165, 1.54) is 0 Å². The molecule has 4 nitrogen and oxygen atoms in total. The van der Waals surface area contributed by atoms with Gasteiger partial charge in [-0.25, -0.2) is 4.98 Å². The molecule has 1 aromatic heterocycles. The van der Waals surface area contributed by atoms with E-state index in [9.17, 15) is 0 Å². The van der Waals surface area contributed by atoms with Crippen LogP contribution in [-0.4, -0.2) is 16.6 Å². The summed E-state index contributed by atoms with van der Waals surface area (Å²) in [5, 5.41) is 4.01. The highest BCUT2D eigenvalue weighted by atomic mass is 127. The fraction of sp³-hybridized carbons (Fsp3) is 0.167. The van der Waals surface area contributed by atoms with Crippen LogP contribution in [0.1, 0.15) is 5.69 Å². The number of aromatic nitrogens is 2. The molecule has 0 aliphatic carbocycles. The van der Waals surface area contributed by atoms with Gasteiger partial charge in [-0.3, -0.25) is 4.98 Å². The van der Waals surface area contributed by atoms with Crippen LogP contribution in [0.15, 0.2) is 30.6 Å². The molecule has 0 saturated carbocycles. The van der Waals surface area contributed by atoms with Crippen LogP contribution in [0.25, 0.3) is 0 Å². The van der Waals surface area contributed by atoms with Crippen molar-refractivity contribution in [2.45, 2.75) is 6.54 Å². The van der Waals surface area contributed by atoms with Gasteiger partial charge in [-0.2, -0.15) is 0 Å². The molecule has 0 atom stereocenters. The number of anilines is 2. The van der Waals surface area contributed by atoms with Gasteiger partial charge in [0.25, 0.3) is 0 Å². The Morgan fingerprint density at radius 3 is 2.94 bits per heavy atom. The molecule has 2 heterocycles. The van der Waals surface area contributed by atoms with E-state index in [0.717, 1.165) is 32.3 Å². The summed E-state index contributed by atoms with van der Waals surface area (Å²) in [7, 11) is 0. The van der Waals surface area contributed by atoms with Gasteiger partial charge in [-0.05, 0) is 40.8 Å². The Labute approximate surface area is 124 Å². The molecule has 1 N–H and O–H groups in total. The lowest BCUT2D eigenvalue weighted by molar-refractivity contribution is 0.772. The molecule has 0 spiro atoms. The van der Waals surface area contributed by atoms with Crippen molar-refractivity contribution in [3.8, 4) is 0 Å². The fourth-order valence-corrected chi connectivity index (χ4v) is 2.92. The monoisotopic (exact) mass is 372 g/mol. The van der Waals surface area contributed by atoms with Crippen molar-refractivity contribution in [1.29, 1.82) is 0 Å². The first kappa shape index (κ1) is 12.0. The summed E-state index contributed by atoms with van der Waals surface area (Å²) in [5.41, 5.74) is 1.96. The molecule has 1 aliphatic rings. The summed E-state index contributed by atoms with van der Waals surface area (Å²) >= 11 is 8.53. The van der Waals surface area contributed by atoms with Crippen LogP contribution in [0.3, 0.4) is 0 Å². The van der Waals surface area contributed by atoms with E-state index in [1.807, 2.05) is 18.2 Å². The Hall–Kier alpha value is -1.08. The number of halogens is 2. The zero-order chi connectivity index (χ0) is 12.5. The van der Waals surface area contributed by atoms with Crippen molar-refractivity contribution in [1.82, 2.24) is 9.97 Å². The summed E-state index contributed by atoms with van der Waals surface area (Å²) in [5.74, 6) is 0.857. The molecular formula is C12H10ClIN4. The van der Waals surface area contributed by atoms with E-state index >= 15 is 0 Å². The van der Waals surface area contributed by atoms with Crippen molar-refractivity contribution >= 4 is 45.7 Å². The van der Waals surface area contributed by atoms with E-state index in [4.69, 9.17) is 11.6 Å². The molecule has 0 bridgehead atoms. The normalized spacial score (nSPS) is 14.0. The second kappa shape index (κ2) is 4.89. The predicted molar refractivity (Wildman–Crippen MR) is 80.9 cm³/mol. The molecular weight excluding hydrogens is 363 g/mol. The summed E-state index contributed by atoms with van der Waals surface area (Å²) in [6.45, 7) is 1.41. The molecule has 0 amide bonds. The fourth-order valence-electron chi connectivity index (χ4n) is 1.95. The van der Waals surface area contributed by atoms with E-state index < -0.39 is 0 Å². The number of rotatable bonds is 1. The molecule has 0 radical (unpaired) electrons. The van der Waals surface area contributed by atoms with E-state index in [0.29, 0.717) is 6.67 Å². The number of hydrogen-bond acceptors (Lipinski definition) is 4. The van der Waals surface area contributed by atoms with Gasteiger partial charge < -0.3 is 10.2 Å². The third-order valence-corrected chi connectivity index (χ3v) is 3.78. The second-order valence-electron chi connectivity index (χ2n) is 3.98. The zero-order valence-corrected chi connectivity index (χ0v) is 12.3. The van der Waals surface area contributed by atoms with Crippen LogP contribution in [0.4, 0.5) is 11.5 Å². The molecule has 3 rings (SSSR count). The number of fused-ring (bicyclic) bond motifs is 1. The first-order chi connectivity index (χ1) is 8.74. The molecule has 1 aromatic carbocycles. The van der Waals surface area contributed by atoms with Gasteiger partial charge in [0.1, 0.15) is 5.69 Å². The Balaban J connectivity index is 1.92. The minimum Gasteiger partial charge on any atom is -0.351 e. The predicted octanol–water partition coefficient (Wildman–Crippen LogP) is 3.12. The van der Waals surface area contributed by atoms with Crippen molar-refractivity contribution in [3.05, 3.63) is 44.9 Å². The zero-order valence-electron chi connectivity index (χ0n) is 9.40. The van der Waals surface area contributed by atoms with Gasteiger partial charge in [-0.15, -0.1) is 0 Å². The van der Waals surface area contributed by atoms with Crippen molar-refractivity contribution in [2.75, 3.05) is 16.9 Å². The summed E-state index contributed by atoms with van der Waals surface area (Å²) < 4.78 is 1.13. The molecule has 0 saturated heterocycles. The van der Waals surface area contributed by atoms with Gasteiger partial charge in [0.2, 0.25) is 0 Å². The lowest BCUT2D eigenvalue weighted by Crippen LogP contribution is -2.34. The quantitative estimate of drug-likeness (QED) is 0.781. The highest BCUT2D eigenvalue weighted by Crippen LogP contribution is 2.30. The molecule has 0 fully saturated rings. The average Bonchev–Trinajstić information content (AvgIpc) is 2.38. The summed E-state index contributed by atoms with van der Waals surface area (Å²) in [6, 6.07) is 6.05. The van der Waals surface area contributed by atoms with Crippen LogP contribution in [0.5, 0.6) is 0 Å². The smallest absolute Gasteiger partial charge is 0.150 e. The van der Waals surface area contributed by atoms with Gasteiger partial charge in [-0.1, -0.05) is 11.6 Å². The van der Waals surface area contributed by atoms with Gasteiger partial charge in [0, 0.05) is 16.0 Å². The van der Waals surface area contributed by atoms with Crippen LogP contribution in [0.2, 0.25) is 5.02 Å². The van der Waals surface area contributed by atoms with Crippen LogP contribution < -0.4 is 10.2 Å². The largest absolute Gasteiger partial charge is 0.351 e. The Morgan fingerprint density at radius 1 is 1.28 bits per heavy atom. The standard InChI is InChI=1S/C12H10ClIN4/c13-9-5-8(14)1-2-11(9)18-6-10-12(17-7-18)16-4-3-15-10/h1-5H,6-7H2,(H,16,17). The minimum atomic E-state index is 0.687. The van der Waals surface area contributed by atoms with Crippen LogP contribution >= 0.6 is 34.2 Å². The molecule has 0 unspecified atom stereocenters. The van der Waals surface area contributed by atoms with Gasteiger partial charge >= 0.3 is 0 Å². The van der Waals surface area contributed by atoms with Crippen LogP contribution in [0, 0.1) is 3.57 Å². The molecule has 92 valence electrons. The summed E-state index contributed by atoms with van der Waals surface area (Å²) in [6.07, 6.45) is 3.40. The topological polar surface area (TPSA) is 41.0 Å². The number of benzene rings is 1. The third kappa shape index (κ3) is 2.24. The lowest BCUT2D eigenvalue weighted by Gasteiger charge is -2.30. The van der Waals surface area contributed by atoms with E-state index in [2.05, 4.69) is 42.8 Å².